The smallest absolute Gasteiger partial charge is 0.231 e. The van der Waals surface area contributed by atoms with Crippen LogP contribution in [0.4, 0.5) is 0 Å². The Morgan fingerprint density at radius 2 is 1.76 bits per heavy atom. The number of hydrogen-bond acceptors (Lipinski definition) is 6. The minimum absolute atomic E-state index is 0.113. The molecule has 0 N–H and O–H groups in total. The largest absolute Gasteiger partial charge is 0.497 e. The molecule has 2 aliphatic rings. The molecule has 4 aromatic rings. The number of methoxy groups -OCH3 is 2. The highest BCUT2D eigenvalue weighted by Gasteiger charge is 2.34. The fraction of sp³-hybridized carbons (Fsp3) is 0.258. The normalized spacial score (nSPS) is 15.8. The molecular weight excluding hydrogens is 480 g/mol. The number of ether oxygens (including phenoxy) is 4. The zero-order chi connectivity index (χ0) is 26.4. The highest BCUT2D eigenvalue weighted by atomic mass is 16.5. The van der Waals surface area contributed by atoms with Gasteiger partial charge in [-0.25, -0.2) is 0 Å². The summed E-state index contributed by atoms with van der Waals surface area (Å²) >= 11 is 0. The van der Waals surface area contributed by atoms with Gasteiger partial charge < -0.3 is 23.5 Å². The summed E-state index contributed by atoms with van der Waals surface area (Å²) in [5.41, 5.74) is 5.60. The van der Waals surface area contributed by atoms with Crippen LogP contribution in [0, 0.1) is 6.92 Å². The zero-order valence-electron chi connectivity index (χ0n) is 22.0. The number of allylic oxidation sites excluding steroid dienone is 1. The molecule has 2 aliphatic heterocycles. The van der Waals surface area contributed by atoms with Crippen molar-refractivity contribution in [2.75, 3.05) is 21.0 Å². The Labute approximate surface area is 221 Å². The minimum atomic E-state index is -0.113. The van der Waals surface area contributed by atoms with Crippen molar-refractivity contribution in [2.24, 2.45) is 0 Å². The molecule has 0 saturated carbocycles. The molecule has 6 rings (SSSR count). The van der Waals surface area contributed by atoms with Crippen LogP contribution < -0.4 is 18.9 Å². The highest BCUT2D eigenvalue weighted by molar-refractivity contribution is 6.15. The Morgan fingerprint density at radius 3 is 2.50 bits per heavy atom. The third-order valence-electron chi connectivity index (χ3n) is 7.31. The summed E-state index contributed by atoms with van der Waals surface area (Å²) in [5, 5.41) is 1.01. The molecule has 0 unspecified atom stereocenters. The summed E-state index contributed by atoms with van der Waals surface area (Å²) in [6, 6.07) is 16.0. The van der Waals surface area contributed by atoms with E-state index < -0.39 is 0 Å². The average molecular weight is 511 g/mol. The van der Waals surface area contributed by atoms with E-state index in [1.54, 1.807) is 14.2 Å². The molecular formula is C31H30N2O5. The molecule has 7 nitrogen and oxygen atoms in total. The van der Waals surface area contributed by atoms with Gasteiger partial charge in [-0.1, -0.05) is 12.1 Å². The van der Waals surface area contributed by atoms with E-state index in [1.165, 1.54) is 5.56 Å². The van der Waals surface area contributed by atoms with Crippen molar-refractivity contribution >= 4 is 22.8 Å². The molecule has 0 atom stereocenters. The molecule has 194 valence electrons. The van der Waals surface area contributed by atoms with E-state index in [9.17, 15) is 4.79 Å². The van der Waals surface area contributed by atoms with E-state index in [0.29, 0.717) is 30.3 Å². The Balaban J connectivity index is 1.30. The number of hydrogen-bond donors (Lipinski definition) is 0. The van der Waals surface area contributed by atoms with E-state index in [-0.39, 0.29) is 5.78 Å². The number of aromatic nitrogens is 1. The molecule has 0 spiro atoms. The van der Waals surface area contributed by atoms with Gasteiger partial charge in [0.1, 0.15) is 29.7 Å². The molecule has 0 fully saturated rings. The van der Waals surface area contributed by atoms with Gasteiger partial charge in [-0.2, -0.15) is 0 Å². The predicted octanol–water partition coefficient (Wildman–Crippen LogP) is 5.96. The maximum absolute atomic E-state index is 13.5. The van der Waals surface area contributed by atoms with Crippen molar-refractivity contribution in [1.29, 1.82) is 0 Å². The molecule has 0 amide bonds. The average Bonchev–Trinajstić information content (AvgIpc) is 3.46. The molecule has 3 heterocycles. The molecule has 0 aliphatic carbocycles. The number of fused-ring (bicyclic) bond motifs is 3. The third kappa shape index (κ3) is 4.09. The number of rotatable bonds is 6. The van der Waals surface area contributed by atoms with Crippen LogP contribution in [0.15, 0.2) is 60.5 Å². The third-order valence-corrected chi connectivity index (χ3v) is 7.31. The molecule has 3 aromatic carbocycles. The fourth-order valence-electron chi connectivity index (χ4n) is 5.34. The first-order valence-electron chi connectivity index (χ1n) is 12.7. The summed E-state index contributed by atoms with van der Waals surface area (Å²) in [7, 11) is 3.32. The number of aryl methyl sites for hydroxylation is 1. The second-order valence-corrected chi connectivity index (χ2v) is 9.67. The van der Waals surface area contributed by atoms with Gasteiger partial charge in [0.05, 0.1) is 19.8 Å². The SMILES string of the molecule is CCn1cc(/C=C2\Oc3c(cc4c(c3C)OCN(Cc3ccc(OC)cc3)C4)C2=O)c2cc(OC)ccc21. The van der Waals surface area contributed by atoms with Gasteiger partial charge in [0, 0.05) is 53.4 Å². The van der Waals surface area contributed by atoms with Gasteiger partial charge in [-0.3, -0.25) is 9.69 Å². The van der Waals surface area contributed by atoms with Crippen LogP contribution in [-0.4, -0.2) is 36.2 Å². The number of nitrogens with zero attached hydrogens (tertiary/aromatic N) is 2. The second-order valence-electron chi connectivity index (χ2n) is 9.67. The number of carbonyl (C=O) groups excluding carboxylic acids is 1. The van der Waals surface area contributed by atoms with Gasteiger partial charge in [-0.15, -0.1) is 0 Å². The van der Waals surface area contributed by atoms with Crippen LogP contribution in [0.2, 0.25) is 0 Å². The van der Waals surface area contributed by atoms with Crippen LogP contribution in [0.3, 0.4) is 0 Å². The molecule has 7 heteroatoms. The standard InChI is InChI=1S/C31H30N2O5/c1-5-33-17-21(25-14-24(36-4)10-11-27(25)33)13-28-29(34)26-12-22-16-32(15-20-6-8-23(35-3)9-7-20)18-37-30(22)19(2)31(26)38-28/h6-14,17H,5,15-16,18H2,1-4H3/b28-13-. The first-order valence-corrected chi connectivity index (χ1v) is 12.7. The van der Waals surface area contributed by atoms with Crippen molar-refractivity contribution in [2.45, 2.75) is 33.5 Å². The Bertz CT molecular complexity index is 1580. The van der Waals surface area contributed by atoms with Gasteiger partial charge in [-0.05, 0) is 61.9 Å². The Kier molecular flexibility index (Phi) is 6.08. The topological polar surface area (TPSA) is 62.2 Å². The van der Waals surface area contributed by atoms with Crippen molar-refractivity contribution in [3.05, 3.63) is 88.3 Å². The lowest BCUT2D eigenvalue weighted by molar-refractivity contribution is 0.0876. The van der Waals surface area contributed by atoms with E-state index in [2.05, 4.69) is 34.7 Å². The highest BCUT2D eigenvalue weighted by Crippen LogP contribution is 2.43. The number of ketones is 1. The summed E-state index contributed by atoms with van der Waals surface area (Å²) in [5.74, 6) is 3.20. The van der Waals surface area contributed by atoms with Crippen LogP contribution in [0.1, 0.15) is 39.5 Å². The monoisotopic (exact) mass is 510 g/mol. The number of carbonyl (C=O) groups is 1. The lowest BCUT2D eigenvalue weighted by atomic mass is 9.99. The van der Waals surface area contributed by atoms with Crippen LogP contribution in [0.5, 0.6) is 23.0 Å². The van der Waals surface area contributed by atoms with Crippen molar-refractivity contribution in [1.82, 2.24) is 9.47 Å². The molecule has 0 bridgehead atoms. The maximum Gasteiger partial charge on any atom is 0.231 e. The van der Waals surface area contributed by atoms with Crippen molar-refractivity contribution < 1.29 is 23.7 Å². The van der Waals surface area contributed by atoms with Gasteiger partial charge in [0.15, 0.2) is 5.76 Å². The van der Waals surface area contributed by atoms with Crippen molar-refractivity contribution in [3.63, 3.8) is 0 Å². The van der Waals surface area contributed by atoms with Gasteiger partial charge in [0.25, 0.3) is 0 Å². The fourth-order valence-corrected chi connectivity index (χ4v) is 5.34. The van der Waals surface area contributed by atoms with E-state index in [0.717, 1.165) is 57.9 Å². The molecule has 0 saturated heterocycles. The lowest BCUT2D eigenvalue weighted by Crippen LogP contribution is -2.32. The Hall–Kier alpha value is -4.23. The van der Waals surface area contributed by atoms with E-state index >= 15 is 0 Å². The predicted molar refractivity (Wildman–Crippen MR) is 146 cm³/mol. The van der Waals surface area contributed by atoms with E-state index in [4.69, 9.17) is 18.9 Å². The van der Waals surface area contributed by atoms with Crippen LogP contribution in [-0.2, 0) is 19.6 Å². The summed E-state index contributed by atoms with van der Waals surface area (Å²) in [4.78, 5) is 15.7. The summed E-state index contributed by atoms with van der Waals surface area (Å²) in [6.07, 6.45) is 3.89. The molecule has 38 heavy (non-hydrogen) atoms. The number of Topliss-reactive ketones (excluding diaryl/α,β-unsaturated/α-hetero) is 1. The molecule has 1 aromatic heterocycles. The van der Waals surface area contributed by atoms with Crippen molar-refractivity contribution in [3.8, 4) is 23.0 Å². The van der Waals surface area contributed by atoms with Gasteiger partial charge in [0.2, 0.25) is 5.78 Å². The summed E-state index contributed by atoms with van der Waals surface area (Å²) in [6.45, 7) is 6.76. The first-order chi connectivity index (χ1) is 18.5. The zero-order valence-corrected chi connectivity index (χ0v) is 22.0. The number of benzene rings is 3. The second kappa shape index (κ2) is 9.58. The minimum Gasteiger partial charge on any atom is -0.497 e. The quantitative estimate of drug-likeness (QED) is 0.299. The molecule has 0 radical (unpaired) electrons. The first kappa shape index (κ1) is 24.1. The van der Waals surface area contributed by atoms with Crippen LogP contribution >= 0.6 is 0 Å². The van der Waals surface area contributed by atoms with Gasteiger partial charge >= 0.3 is 0 Å². The maximum atomic E-state index is 13.5. The summed E-state index contributed by atoms with van der Waals surface area (Å²) < 4.78 is 25.2. The Morgan fingerprint density at radius 1 is 1.00 bits per heavy atom. The van der Waals surface area contributed by atoms with Crippen LogP contribution in [0.25, 0.3) is 17.0 Å². The van der Waals surface area contributed by atoms with E-state index in [1.807, 2.05) is 49.4 Å². The lowest BCUT2D eigenvalue weighted by Gasteiger charge is -2.30.